The van der Waals surface area contributed by atoms with Gasteiger partial charge in [-0.3, -0.25) is 15.1 Å². The Hall–Kier alpha value is -3.90. The minimum absolute atomic E-state index is 0.0924. The van der Waals surface area contributed by atoms with Crippen molar-refractivity contribution in [1.29, 1.82) is 0 Å². The average Bonchev–Trinajstić information content (AvgIpc) is 3.74. The fourth-order valence-electron chi connectivity index (χ4n) is 6.61. The zero-order chi connectivity index (χ0) is 35.0. The largest absolute Gasteiger partial charge is 0.488 e. The van der Waals surface area contributed by atoms with E-state index < -0.39 is 18.6 Å². The third-order valence-corrected chi connectivity index (χ3v) is 10.0. The van der Waals surface area contributed by atoms with Crippen molar-refractivity contribution < 1.29 is 29.6 Å². The van der Waals surface area contributed by atoms with Gasteiger partial charge in [0.25, 0.3) is 0 Å². The first-order chi connectivity index (χ1) is 24.3. The van der Waals surface area contributed by atoms with Gasteiger partial charge in [0, 0.05) is 79.1 Å². The molecule has 6 rings (SSSR count). The first-order valence-electron chi connectivity index (χ1n) is 16.9. The summed E-state index contributed by atoms with van der Waals surface area (Å²) in [7, 11) is 0. The molecule has 1 aromatic heterocycles. The summed E-state index contributed by atoms with van der Waals surface area (Å²) in [5, 5.41) is 32.4. The smallest absolute Gasteiger partial charge is 0.323 e. The lowest BCUT2D eigenvalue weighted by Crippen LogP contribution is -2.39. The fraction of sp³-hybridized carbons (Fsp3) is 0.368. The van der Waals surface area contributed by atoms with E-state index >= 15 is 0 Å². The number of aromatic nitrogens is 1. The number of aliphatic carboxylic acids is 1. The van der Waals surface area contributed by atoms with E-state index in [2.05, 4.69) is 38.3 Å². The lowest BCUT2D eigenvalue weighted by molar-refractivity contribution is -0.140. The number of nitrogens with zero attached hydrogens (tertiary/aromatic N) is 3. The number of carbonyl (C=O) groups is 1. The Morgan fingerprint density at radius 3 is 2.56 bits per heavy atom. The molecule has 2 aliphatic heterocycles. The van der Waals surface area contributed by atoms with Crippen molar-refractivity contribution in [2.24, 2.45) is 0 Å². The number of aliphatic hydroxyl groups excluding tert-OH is 2. The normalized spacial score (nSPS) is 16.4. The first kappa shape index (κ1) is 35.9. The number of hydrogen-bond acceptors (Lipinski definition) is 9. The zero-order valence-electron chi connectivity index (χ0n) is 27.7. The van der Waals surface area contributed by atoms with Gasteiger partial charge >= 0.3 is 5.97 Å². The highest BCUT2D eigenvalue weighted by molar-refractivity contribution is 6.34. The van der Waals surface area contributed by atoms with Crippen LogP contribution in [0.4, 0.5) is 5.69 Å². The van der Waals surface area contributed by atoms with Crippen LogP contribution < -0.4 is 19.7 Å². The molecule has 1 fully saturated rings. The monoisotopic (exact) mass is 720 g/mol. The number of halogens is 2. The minimum atomic E-state index is -1.16. The number of hydrogen-bond donors (Lipinski definition) is 4. The van der Waals surface area contributed by atoms with E-state index in [1.165, 1.54) is 11.3 Å². The number of aliphatic hydroxyl groups is 2. The van der Waals surface area contributed by atoms with E-state index in [1.807, 2.05) is 30.3 Å². The van der Waals surface area contributed by atoms with Gasteiger partial charge in [0.2, 0.25) is 0 Å². The van der Waals surface area contributed by atoms with Crippen LogP contribution in [0.25, 0.3) is 11.1 Å². The lowest BCUT2D eigenvalue weighted by Gasteiger charge is -2.22. The van der Waals surface area contributed by atoms with E-state index in [-0.39, 0.29) is 25.9 Å². The maximum Gasteiger partial charge on any atom is 0.323 e. The molecule has 50 heavy (non-hydrogen) atoms. The molecule has 3 aromatic carbocycles. The zero-order valence-corrected chi connectivity index (χ0v) is 29.2. The fourth-order valence-corrected chi connectivity index (χ4v) is 7.13. The maximum absolute atomic E-state index is 11.5. The van der Waals surface area contributed by atoms with Crippen molar-refractivity contribution in [3.63, 3.8) is 0 Å². The SMILES string of the molecule is O=C(O)[C@H](CO)NCc1cc(Cl)c(OCc2cccc(-c3cccc4c3CCN4CCCN3CCC(O)C3)c2Cl)cc1OCc1cccnc1. The summed E-state index contributed by atoms with van der Waals surface area (Å²) in [6, 6.07) is 18.3. The summed E-state index contributed by atoms with van der Waals surface area (Å²) in [5.74, 6) is -0.330. The van der Waals surface area contributed by atoms with Gasteiger partial charge in [0.05, 0.1) is 22.8 Å². The highest BCUT2D eigenvalue weighted by Gasteiger charge is 2.25. The molecule has 4 N–H and O–H groups in total. The van der Waals surface area contributed by atoms with Crippen LogP contribution >= 0.6 is 23.2 Å². The number of carboxylic acid groups (broad SMARTS) is 1. The summed E-state index contributed by atoms with van der Waals surface area (Å²) in [6.07, 6.45) is 6.04. The van der Waals surface area contributed by atoms with Crippen molar-refractivity contribution in [2.75, 3.05) is 44.2 Å². The van der Waals surface area contributed by atoms with Crippen molar-refractivity contribution in [2.45, 2.75) is 51.2 Å². The number of pyridine rings is 1. The number of nitrogens with one attached hydrogen (secondary N) is 1. The van der Waals surface area contributed by atoms with Crippen LogP contribution in [0, 0.1) is 0 Å². The van der Waals surface area contributed by atoms with Gasteiger partial charge in [-0.05, 0) is 55.1 Å². The molecular formula is C38H42Cl2N4O6. The number of ether oxygens (including phenoxy) is 2. The summed E-state index contributed by atoms with van der Waals surface area (Å²) < 4.78 is 12.4. The Kier molecular flexibility index (Phi) is 12.1. The summed E-state index contributed by atoms with van der Waals surface area (Å²) >= 11 is 13.8. The Morgan fingerprint density at radius 2 is 1.80 bits per heavy atom. The lowest BCUT2D eigenvalue weighted by atomic mass is 9.96. The second kappa shape index (κ2) is 16.9. The highest BCUT2D eigenvalue weighted by Crippen LogP contribution is 2.41. The Balaban J connectivity index is 1.17. The quantitative estimate of drug-likeness (QED) is 0.117. The number of carboxylic acids is 1. The van der Waals surface area contributed by atoms with Gasteiger partial charge in [0.15, 0.2) is 0 Å². The molecule has 0 saturated carbocycles. The average molecular weight is 722 g/mol. The maximum atomic E-state index is 11.5. The van der Waals surface area contributed by atoms with Crippen molar-refractivity contribution in [1.82, 2.24) is 15.2 Å². The van der Waals surface area contributed by atoms with E-state index in [9.17, 15) is 20.1 Å². The number of benzene rings is 3. The molecule has 0 aliphatic carbocycles. The molecule has 3 heterocycles. The topological polar surface area (TPSA) is 128 Å². The summed E-state index contributed by atoms with van der Waals surface area (Å²) in [5.41, 5.74) is 6.85. The number of likely N-dealkylation sites (tertiary alicyclic amines) is 1. The first-order valence-corrected chi connectivity index (χ1v) is 17.6. The Bertz CT molecular complexity index is 1780. The Morgan fingerprint density at radius 1 is 0.980 bits per heavy atom. The van der Waals surface area contributed by atoms with Gasteiger partial charge < -0.3 is 34.6 Å². The molecule has 0 bridgehead atoms. The van der Waals surface area contributed by atoms with E-state index in [0.29, 0.717) is 27.1 Å². The number of fused-ring (bicyclic) bond motifs is 1. The van der Waals surface area contributed by atoms with E-state index in [0.717, 1.165) is 74.2 Å². The summed E-state index contributed by atoms with van der Waals surface area (Å²) in [6.45, 7) is 4.57. The van der Waals surface area contributed by atoms with Crippen LogP contribution in [-0.4, -0.2) is 82.6 Å². The molecule has 1 unspecified atom stereocenters. The summed E-state index contributed by atoms with van der Waals surface area (Å²) in [4.78, 5) is 20.4. The molecule has 0 radical (unpaired) electrons. The van der Waals surface area contributed by atoms with Crippen LogP contribution in [0.2, 0.25) is 10.0 Å². The molecule has 2 atom stereocenters. The molecule has 10 nitrogen and oxygen atoms in total. The number of anilines is 1. The van der Waals surface area contributed by atoms with Gasteiger partial charge in [-0.1, -0.05) is 59.6 Å². The van der Waals surface area contributed by atoms with Crippen LogP contribution in [0.3, 0.4) is 0 Å². The van der Waals surface area contributed by atoms with Crippen LogP contribution in [0.5, 0.6) is 11.5 Å². The highest BCUT2D eigenvalue weighted by atomic mass is 35.5. The van der Waals surface area contributed by atoms with Gasteiger partial charge in [-0.25, -0.2) is 0 Å². The Labute approximate surface area is 302 Å². The van der Waals surface area contributed by atoms with Gasteiger partial charge in [0.1, 0.15) is 30.8 Å². The molecule has 264 valence electrons. The molecular weight excluding hydrogens is 679 g/mol. The molecule has 0 amide bonds. The van der Waals surface area contributed by atoms with Crippen LogP contribution in [0.15, 0.2) is 73.1 Å². The second-order valence-electron chi connectivity index (χ2n) is 12.7. The van der Waals surface area contributed by atoms with Crippen LogP contribution in [0.1, 0.15) is 35.1 Å². The standard InChI is InChI=1S/C38H42Cl2N4O6/c39-32-17-27(20-42-33(22-45)38(47)48)35(49-23-25-5-3-12-41-19-25)18-36(32)50-24-26-6-1-8-31(37(26)40)29-7-2-9-34-30(29)11-16-44(34)14-4-13-43-15-10-28(46)21-43/h1-3,5-9,12,17-19,28,33,42,45-46H,4,10-11,13-16,20-24H2,(H,47,48)/t28?,33-/m0/s1. The molecule has 2 aliphatic rings. The molecule has 1 saturated heterocycles. The van der Waals surface area contributed by atoms with Crippen molar-refractivity contribution in [3.8, 4) is 22.6 Å². The van der Waals surface area contributed by atoms with Crippen molar-refractivity contribution in [3.05, 3.63) is 105 Å². The molecule has 4 aromatic rings. The third kappa shape index (κ3) is 8.69. The molecule has 0 spiro atoms. The van der Waals surface area contributed by atoms with Gasteiger partial charge in [-0.15, -0.1) is 0 Å². The number of rotatable bonds is 16. The predicted molar refractivity (Wildman–Crippen MR) is 194 cm³/mol. The van der Waals surface area contributed by atoms with Crippen LogP contribution in [-0.2, 0) is 31.0 Å². The molecule has 12 heteroatoms. The predicted octanol–water partition coefficient (Wildman–Crippen LogP) is 5.57. The van der Waals surface area contributed by atoms with Gasteiger partial charge in [-0.2, -0.15) is 0 Å². The number of β-amino-alcohol motifs (C(OH)–C–C–N with tert-alkyl or cyclic N) is 1. The van der Waals surface area contributed by atoms with E-state index in [1.54, 1.807) is 24.5 Å². The van der Waals surface area contributed by atoms with Crippen molar-refractivity contribution >= 4 is 34.9 Å². The second-order valence-corrected chi connectivity index (χ2v) is 13.5. The van der Waals surface area contributed by atoms with E-state index in [4.69, 9.17) is 32.7 Å². The minimum Gasteiger partial charge on any atom is -0.488 e. The third-order valence-electron chi connectivity index (χ3n) is 9.28.